The fourth-order valence-corrected chi connectivity index (χ4v) is 3.72. The zero-order chi connectivity index (χ0) is 13.2. The van der Waals surface area contributed by atoms with Crippen molar-refractivity contribution in [3.05, 3.63) is 0 Å². The molecule has 18 heavy (non-hydrogen) atoms. The normalized spacial score (nSPS) is 37.7. The summed E-state index contributed by atoms with van der Waals surface area (Å²) in [7, 11) is 0. The Kier molecular flexibility index (Phi) is 4.68. The van der Waals surface area contributed by atoms with Crippen molar-refractivity contribution < 1.29 is 4.74 Å². The van der Waals surface area contributed by atoms with Gasteiger partial charge in [0.05, 0.1) is 12.2 Å². The van der Waals surface area contributed by atoms with E-state index in [2.05, 4.69) is 25.7 Å². The van der Waals surface area contributed by atoms with Gasteiger partial charge in [-0.05, 0) is 45.1 Å². The Morgan fingerprint density at radius 3 is 2.72 bits per heavy atom. The Bertz CT molecular complexity index is 267. The van der Waals surface area contributed by atoms with Crippen LogP contribution in [-0.4, -0.2) is 42.8 Å². The molecule has 2 rings (SSSR count). The molecule has 1 saturated carbocycles. The lowest BCUT2D eigenvalue weighted by Crippen LogP contribution is -2.56. The quantitative estimate of drug-likeness (QED) is 0.839. The zero-order valence-corrected chi connectivity index (χ0v) is 12.3. The minimum atomic E-state index is 0.0105. The van der Waals surface area contributed by atoms with Gasteiger partial charge in [-0.3, -0.25) is 4.90 Å². The Morgan fingerprint density at radius 1 is 1.33 bits per heavy atom. The van der Waals surface area contributed by atoms with Crippen molar-refractivity contribution in [2.24, 2.45) is 17.6 Å². The number of ether oxygens (including phenoxy) is 1. The van der Waals surface area contributed by atoms with Gasteiger partial charge in [0.25, 0.3) is 0 Å². The maximum Gasteiger partial charge on any atom is 0.0753 e. The van der Waals surface area contributed by atoms with Crippen LogP contribution in [0.2, 0.25) is 0 Å². The van der Waals surface area contributed by atoms with E-state index in [1.165, 1.54) is 25.7 Å². The van der Waals surface area contributed by atoms with Crippen LogP contribution in [0, 0.1) is 11.8 Å². The molecule has 0 bridgehead atoms. The smallest absolute Gasteiger partial charge is 0.0753 e. The number of nitrogens with two attached hydrogens (primary N) is 1. The summed E-state index contributed by atoms with van der Waals surface area (Å²) >= 11 is 0. The van der Waals surface area contributed by atoms with E-state index in [1.807, 2.05) is 0 Å². The second kappa shape index (κ2) is 5.89. The summed E-state index contributed by atoms with van der Waals surface area (Å²) in [6.07, 6.45) is 5.36. The van der Waals surface area contributed by atoms with E-state index < -0.39 is 0 Å². The molecule has 2 N–H and O–H groups in total. The fourth-order valence-electron chi connectivity index (χ4n) is 3.72. The topological polar surface area (TPSA) is 38.5 Å². The Labute approximate surface area is 112 Å². The summed E-state index contributed by atoms with van der Waals surface area (Å²) in [5.41, 5.74) is 6.01. The molecular weight excluding hydrogens is 224 g/mol. The third kappa shape index (κ3) is 3.25. The largest absolute Gasteiger partial charge is 0.373 e. The van der Waals surface area contributed by atoms with Gasteiger partial charge < -0.3 is 10.5 Å². The van der Waals surface area contributed by atoms with E-state index in [0.717, 1.165) is 32.2 Å². The Hall–Kier alpha value is -0.120. The van der Waals surface area contributed by atoms with E-state index in [9.17, 15) is 0 Å². The molecule has 0 aromatic rings. The molecule has 3 heteroatoms. The number of rotatable bonds is 3. The van der Waals surface area contributed by atoms with Crippen LogP contribution in [0.4, 0.5) is 0 Å². The maximum atomic E-state index is 6.00. The van der Waals surface area contributed by atoms with Crippen LogP contribution >= 0.6 is 0 Å². The number of nitrogens with zero attached hydrogens (tertiary/aromatic N) is 1. The summed E-state index contributed by atoms with van der Waals surface area (Å²) in [6, 6.07) is 0.692. The third-order valence-corrected chi connectivity index (χ3v) is 4.87. The molecule has 3 nitrogen and oxygen atoms in total. The van der Waals surface area contributed by atoms with Crippen LogP contribution in [0.1, 0.15) is 46.5 Å². The highest BCUT2D eigenvalue weighted by Gasteiger charge is 2.37. The third-order valence-electron chi connectivity index (χ3n) is 4.87. The van der Waals surface area contributed by atoms with Gasteiger partial charge in [-0.2, -0.15) is 0 Å². The number of hydrogen-bond acceptors (Lipinski definition) is 3. The number of hydrogen-bond donors (Lipinski definition) is 1. The molecule has 2 fully saturated rings. The number of morpholine rings is 1. The van der Waals surface area contributed by atoms with Crippen LogP contribution in [0.15, 0.2) is 0 Å². The molecule has 0 aromatic carbocycles. The first-order chi connectivity index (χ1) is 8.55. The molecule has 1 heterocycles. The molecule has 3 atom stereocenters. The summed E-state index contributed by atoms with van der Waals surface area (Å²) in [6.45, 7) is 10.6. The van der Waals surface area contributed by atoms with Gasteiger partial charge in [-0.15, -0.1) is 0 Å². The monoisotopic (exact) mass is 254 g/mol. The minimum Gasteiger partial charge on any atom is -0.373 e. The van der Waals surface area contributed by atoms with Crippen molar-refractivity contribution in [1.29, 1.82) is 0 Å². The highest BCUT2D eigenvalue weighted by Crippen LogP contribution is 2.35. The van der Waals surface area contributed by atoms with Gasteiger partial charge >= 0.3 is 0 Å². The molecule has 2 aliphatic rings. The fraction of sp³-hybridized carbons (Fsp3) is 1.00. The first-order valence-electron chi connectivity index (χ1n) is 7.64. The first kappa shape index (κ1) is 14.3. The summed E-state index contributed by atoms with van der Waals surface area (Å²) in [5, 5.41) is 0. The van der Waals surface area contributed by atoms with Crippen molar-refractivity contribution in [2.45, 2.75) is 58.1 Å². The van der Waals surface area contributed by atoms with Crippen molar-refractivity contribution in [3.8, 4) is 0 Å². The molecule has 1 aliphatic heterocycles. The molecular formula is C15H30N2O. The lowest BCUT2D eigenvalue weighted by molar-refractivity contribution is -0.109. The second-order valence-electron chi connectivity index (χ2n) is 6.73. The summed E-state index contributed by atoms with van der Waals surface area (Å²) < 4.78 is 5.84. The van der Waals surface area contributed by atoms with Crippen molar-refractivity contribution >= 4 is 0 Å². The molecule has 1 saturated heterocycles. The second-order valence-corrected chi connectivity index (χ2v) is 6.73. The lowest BCUT2D eigenvalue weighted by atomic mass is 9.76. The van der Waals surface area contributed by atoms with Gasteiger partial charge in [-0.1, -0.05) is 19.8 Å². The molecule has 0 radical (unpaired) electrons. The van der Waals surface area contributed by atoms with Crippen LogP contribution in [-0.2, 0) is 4.74 Å². The van der Waals surface area contributed by atoms with Gasteiger partial charge in [0.1, 0.15) is 0 Å². The average Bonchev–Trinajstić information content (AvgIpc) is 2.36. The SMILES string of the molecule is CCC1CCC(CN)C(N2CCOC(C)(C)C2)C1. The molecule has 1 aliphatic carbocycles. The van der Waals surface area contributed by atoms with Gasteiger partial charge in [-0.25, -0.2) is 0 Å². The highest BCUT2D eigenvalue weighted by atomic mass is 16.5. The highest BCUT2D eigenvalue weighted by molar-refractivity contribution is 4.91. The van der Waals surface area contributed by atoms with Crippen molar-refractivity contribution in [1.82, 2.24) is 4.90 Å². The average molecular weight is 254 g/mol. The summed E-state index contributed by atoms with van der Waals surface area (Å²) in [4.78, 5) is 2.66. The van der Waals surface area contributed by atoms with Gasteiger partial charge in [0.2, 0.25) is 0 Å². The van der Waals surface area contributed by atoms with Gasteiger partial charge in [0, 0.05) is 19.1 Å². The van der Waals surface area contributed by atoms with Crippen LogP contribution in [0.25, 0.3) is 0 Å². The van der Waals surface area contributed by atoms with E-state index in [4.69, 9.17) is 10.5 Å². The zero-order valence-electron chi connectivity index (χ0n) is 12.3. The molecule has 3 unspecified atom stereocenters. The summed E-state index contributed by atoms with van der Waals surface area (Å²) in [5.74, 6) is 1.60. The predicted molar refractivity (Wildman–Crippen MR) is 75.6 cm³/mol. The van der Waals surface area contributed by atoms with Crippen molar-refractivity contribution in [2.75, 3.05) is 26.2 Å². The maximum absolute atomic E-state index is 6.00. The lowest BCUT2D eigenvalue weighted by Gasteiger charge is -2.47. The molecule has 0 spiro atoms. The minimum absolute atomic E-state index is 0.0105. The van der Waals surface area contributed by atoms with E-state index in [0.29, 0.717) is 12.0 Å². The van der Waals surface area contributed by atoms with Crippen molar-refractivity contribution in [3.63, 3.8) is 0 Å². The molecule has 0 amide bonds. The first-order valence-corrected chi connectivity index (χ1v) is 7.64. The Balaban J connectivity index is 2.03. The van der Waals surface area contributed by atoms with E-state index >= 15 is 0 Å². The van der Waals surface area contributed by atoms with Gasteiger partial charge in [0.15, 0.2) is 0 Å². The standard InChI is InChI=1S/C15H30N2O/c1-4-12-5-6-13(10-16)14(9-12)17-7-8-18-15(2,3)11-17/h12-14H,4-11,16H2,1-3H3. The molecule has 0 aromatic heterocycles. The Morgan fingerprint density at radius 2 is 2.11 bits per heavy atom. The van der Waals surface area contributed by atoms with Crippen LogP contribution < -0.4 is 5.73 Å². The van der Waals surface area contributed by atoms with E-state index in [1.54, 1.807) is 0 Å². The van der Waals surface area contributed by atoms with E-state index in [-0.39, 0.29) is 5.60 Å². The molecule has 106 valence electrons. The predicted octanol–water partition coefficient (Wildman–Crippen LogP) is 2.25. The van der Waals surface area contributed by atoms with Crippen LogP contribution in [0.3, 0.4) is 0 Å². The van der Waals surface area contributed by atoms with Crippen LogP contribution in [0.5, 0.6) is 0 Å².